The van der Waals surface area contributed by atoms with E-state index in [1.165, 1.54) is 0 Å². The van der Waals surface area contributed by atoms with E-state index in [1.807, 2.05) is 46.8 Å². The van der Waals surface area contributed by atoms with Gasteiger partial charge >= 0.3 is 0 Å². The Hall–Kier alpha value is -1.45. The summed E-state index contributed by atoms with van der Waals surface area (Å²) in [7, 11) is 0. The fourth-order valence-electron chi connectivity index (χ4n) is 1.37. The van der Waals surface area contributed by atoms with Gasteiger partial charge in [-0.05, 0) is 46.8 Å². The Labute approximate surface area is 96.9 Å². The molecule has 1 unspecified atom stereocenters. The molecule has 1 aromatic heterocycles. The Morgan fingerprint density at radius 3 is 2.50 bits per heavy atom. The van der Waals surface area contributed by atoms with Crippen molar-refractivity contribution >= 4 is 5.96 Å². The summed E-state index contributed by atoms with van der Waals surface area (Å²) < 4.78 is 5.49. The van der Waals surface area contributed by atoms with Gasteiger partial charge in [-0.1, -0.05) is 0 Å². The first-order valence-corrected chi connectivity index (χ1v) is 5.46. The molecule has 1 rings (SSSR count). The van der Waals surface area contributed by atoms with Crippen LogP contribution in [0.4, 0.5) is 0 Å². The van der Waals surface area contributed by atoms with E-state index in [9.17, 15) is 0 Å². The highest BCUT2D eigenvalue weighted by molar-refractivity contribution is 5.78. The van der Waals surface area contributed by atoms with Crippen molar-refractivity contribution in [1.82, 2.24) is 5.32 Å². The first-order valence-electron chi connectivity index (χ1n) is 5.46. The molecule has 0 saturated heterocycles. The van der Waals surface area contributed by atoms with Crippen LogP contribution in [0.3, 0.4) is 0 Å². The second kappa shape index (κ2) is 4.60. The molecule has 0 aromatic carbocycles. The molecule has 0 spiro atoms. The van der Waals surface area contributed by atoms with Gasteiger partial charge in [0.05, 0.1) is 0 Å². The van der Waals surface area contributed by atoms with E-state index in [2.05, 4.69) is 10.3 Å². The predicted octanol–water partition coefficient (Wildman–Crippen LogP) is 2.35. The average Bonchev–Trinajstić information content (AvgIpc) is 2.47. The van der Waals surface area contributed by atoms with Crippen LogP contribution in [0.2, 0.25) is 0 Å². The van der Waals surface area contributed by atoms with E-state index in [-0.39, 0.29) is 11.6 Å². The van der Waals surface area contributed by atoms with Crippen LogP contribution in [-0.4, -0.2) is 11.5 Å². The Balaban J connectivity index is 2.69. The van der Waals surface area contributed by atoms with E-state index in [0.717, 1.165) is 11.5 Å². The quantitative estimate of drug-likeness (QED) is 0.597. The van der Waals surface area contributed by atoms with Gasteiger partial charge in [-0.15, -0.1) is 0 Å². The zero-order valence-electron chi connectivity index (χ0n) is 10.7. The van der Waals surface area contributed by atoms with Crippen LogP contribution in [-0.2, 0) is 0 Å². The first-order chi connectivity index (χ1) is 7.28. The molecule has 1 atom stereocenters. The fraction of sp³-hybridized carbons (Fsp3) is 0.583. The zero-order valence-corrected chi connectivity index (χ0v) is 10.7. The molecule has 4 nitrogen and oxygen atoms in total. The molecule has 0 saturated carbocycles. The Kier molecular flexibility index (Phi) is 3.62. The van der Waals surface area contributed by atoms with E-state index < -0.39 is 0 Å². The van der Waals surface area contributed by atoms with Gasteiger partial charge in [-0.2, -0.15) is 0 Å². The molecule has 0 fully saturated rings. The molecular formula is C12H21N3O. The van der Waals surface area contributed by atoms with Gasteiger partial charge < -0.3 is 15.5 Å². The van der Waals surface area contributed by atoms with Gasteiger partial charge in [0, 0.05) is 5.54 Å². The van der Waals surface area contributed by atoms with Crippen molar-refractivity contribution in [2.75, 3.05) is 0 Å². The molecule has 0 radical (unpaired) electrons. The SMILES string of the molecule is Cc1ccc(C(C)N=C(N)NC(C)(C)C)o1. The standard InChI is InChI=1S/C12H21N3O/c1-8-6-7-10(16-8)9(2)14-11(13)15-12(3,4)5/h6-7,9H,1-5H3,(H3,13,14,15). The van der Waals surface area contributed by atoms with E-state index >= 15 is 0 Å². The highest BCUT2D eigenvalue weighted by Gasteiger charge is 2.12. The van der Waals surface area contributed by atoms with Gasteiger partial charge in [-0.25, -0.2) is 4.99 Å². The summed E-state index contributed by atoms with van der Waals surface area (Å²) in [5.74, 6) is 2.16. The lowest BCUT2D eigenvalue weighted by molar-refractivity contribution is 0.455. The first kappa shape index (κ1) is 12.6. The molecule has 0 aliphatic rings. The number of nitrogens with two attached hydrogens (primary N) is 1. The lowest BCUT2D eigenvalue weighted by atomic mass is 10.1. The summed E-state index contributed by atoms with van der Waals surface area (Å²) in [4.78, 5) is 4.34. The second-order valence-corrected chi connectivity index (χ2v) is 5.01. The second-order valence-electron chi connectivity index (χ2n) is 5.01. The van der Waals surface area contributed by atoms with Crippen LogP contribution in [0.25, 0.3) is 0 Å². The Bertz CT molecular complexity index is 374. The molecule has 3 N–H and O–H groups in total. The van der Waals surface area contributed by atoms with Crippen molar-refractivity contribution in [3.05, 3.63) is 23.7 Å². The molecule has 1 heterocycles. The number of aryl methyl sites for hydroxylation is 1. The van der Waals surface area contributed by atoms with Crippen molar-refractivity contribution in [1.29, 1.82) is 0 Å². The highest BCUT2D eigenvalue weighted by Crippen LogP contribution is 2.18. The molecule has 16 heavy (non-hydrogen) atoms. The third kappa shape index (κ3) is 3.96. The number of aliphatic imine (C=N–C) groups is 1. The van der Waals surface area contributed by atoms with Crippen molar-refractivity contribution in [2.24, 2.45) is 10.7 Å². The van der Waals surface area contributed by atoms with E-state index in [1.54, 1.807) is 0 Å². The van der Waals surface area contributed by atoms with Gasteiger partial charge in [0.25, 0.3) is 0 Å². The van der Waals surface area contributed by atoms with Crippen LogP contribution in [0.15, 0.2) is 21.5 Å². The summed E-state index contributed by atoms with van der Waals surface area (Å²) in [6.07, 6.45) is 0. The third-order valence-electron chi connectivity index (χ3n) is 2.01. The monoisotopic (exact) mass is 223 g/mol. The summed E-state index contributed by atoms with van der Waals surface area (Å²) in [6, 6.07) is 3.78. The molecule has 0 bridgehead atoms. The molecule has 0 aliphatic carbocycles. The lowest BCUT2D eigenvalue weighted by Crippen LogP contribution is -2.45. The smallest absolute Gasteiger partial charge is 0.189 e. The number of hydrogen-bond acceptors (Lipinski definition) is 2. The van der Waals surface area contributed by atoms with Gasteiger partial charge in [0.2, 0.25) is 0 Å². The van der Waals surface area contributed by atoms with Crippen molar-refractivity contribution in [2.45, 2.75) is 46.2 Å². The number of rotatable bonds is 2. The normalized spacial score (nSPS) is 14.9. The predicted molar refractivity (Wildman–Crippen MR) is 66.4 cm³/mol. The lowest BCUT2D eigenvalue weighted by Gasteiger charge is -2.21. The minimum atomic E-state index is -0.0770. The number of nitrogens with zero attached hydrogens (tertiary/aromatic N) is 1. The zero-order chi connectivity index (χ0) is 12.3. The van der Waals surface area contributed by atoms with Crippen molar-refractivity contribution < 1.29 is 4.42 Å². The summed E-state index contributed by atoms with van der Waals surface area (Å²) in [5.41, 5.74) is 5.73. The molecule has 4 heteroatoms. The van der Waals surface area contributed by atoms with E-state index in [0.29, 0.717) is 5.96 Å². The topological polar surface area (TPSA) is 63.5 Å². The highest BCUT2D eigenvalue weighted by atomic mass is 16.3. The number of nitrogens with one attached hydrogen (secondary N) is 1. The van der Waals surface area contributed by atoms with Crippen LogP contribution in [0, 0.1) is 6.92 Å². The third-order valence-corrected chi connectivity index (χ3v) is 2.01. The van der Waals surface area contributed by atoms with Gasteiger partial charge in [0.15, 0.2) is 5.96 Å². The summed E-state index contributed by atoms with van der Waals surface area (Å²) in [5, 5.41) is 3.11. The largest absolute Gasteiger partial charge is 0.464 e. The minimum absolute atomic E-state index is 0.0662. The molecule has 0 aliphatic heterocycles. The Morgan fingerprint density at radius 2 is 2.06 bits per heavy atom. The minimum Gasteiger partial charge on any atom is -0.464 e. The maximum Gasteiger partial charge on any atom is 0.189 e. The average molecular weight is 223 g/mol. The maximum atomic E-state index is 5.80. The maximum absolute atomic E-state index is 5.80. The number of guanidine groups is 1. The molecule has 1 aromatic rings. The van der Waals surface area contributed by atoms with Crippen LogP contribution in [0.1, 0.15) is 45.3 Å². The summed E-state index contributed by atoms with van der Waals surface area (Å²) in [6.45, 7) is 9.98. The van der Waals surface area contributed by atoms with Crippen LogP contribution >= 0.6 is 0 Å². The van der Waals surface area contributed by atoms with Crippen molar-refractivity contribution in [3.8, 4) is 0 Å². The number of hydrogen-bond donors (Lipinski definition) is 2. The van der Waals surface area contributed by atoms with Crippen molar-refractivity contribution in [3.63, 3.8) is 0 Å². The summed E-state index contributed by atoms with van der Waals surface area (Å²) >= 11 is 0. The van der Waals surface area contributed by atoms with Crippen LogP contribution in [0.5, 0.6) is 0 Å². The molecule has 0 amide bonds. The number of furan rings is 1. The van der Waals surface area contributed by atoms with E-state index in [4.69, 9.17) is 10.2 Å². The van der Waals surface area contributed by atoms with Gasteiger partial charge in [-0.3, -0.25) is 0 Å². The van der Waals surface area contributed by atoms with Crippen LogP contribution < -0.4 is 11.1 Å². The fourth-order valence-corrected chi connectivity index (χ4v) is 1.37. The Morgan fingerprint density at radius 1 is 1.44 bits per heavy atom. The molecular weight excluding hydrogens is 202 g/mol. The molecule has 90 valence electrons. The van der Waals surface area contributed by atoms with Gasteiger partial charge in [0.1, 0.15) is 17.6 Å².